The summed E-state index contributed by atoms with van der Waals surface area (Å²) in [5, 5.41) is 4.24. The van der Waals surface area contributed by atoms with Crippen molar-refractivity contribution >= 4 is 45.8 Å². The number of carbonyl (C=O) groups is 1. The molecule has 0 aliphatic carbocycles. The number of anilines is 1. The van der Waals surface area contributed by atoms with Gasteiger partial charge in [0.25, 0.3) is 5.91 Å². The van der Waals surface area contributed by atoms with Gasteiger partial charge in [-0.25, -0.2) is 0 Å². The standard InChI is InChI=1S/C15H9Cl2NO2/c16-10-5-3-6-11(14(10)17)18-15(19)13-8-9-4-1-2-7-12(9)20-13/h1-8H,(H,18,19). The Balaban J connectivity index is 1.91. The Bertz CT molecular complexity index is 762. The zero-order chi connectivity index (χ0) is 14.1. The molecule has 1 N–H and O–H groups in total. The molecule has 0 aliphatic heterocycles. The van der Waals surface area contributed by atoms with E-state index in [9.17, 15) is 4.79 Å². The molecule has 0 bridgehead atoms. The number of para-hydroxylation sites is 1. The van der Waals surface area contributed by atoms with Crippen molar-refractivity contribution in [3.05, 3.63) is 64.3 Å². The van der Waals surface area contributed by atoms with E-state index >= 15 is 0 Å². The summed E-state index contributed by atoms with van der Waals surface area (Å²) < 4.78 is 5.48. The van der Waals surface area contributed by atoms with Crippen molar-refractivity contribution < 1.29 is 9.21 Å². The summed E-state index contributed by atoms with van der Waals surface area (Å²) in [4.78, 5) is 12.1. The average molecular weight is 306 g/mol. The van der Waals surface area contributed by atoms with Crippen LogP contribution < -0.4 is 5.32 Å². The number of carbonyl (C=O) groups excluding carboxylic acids is 1. The first-order valence-corrected chi connectivity index (χ1v) is 6.64. The first-order valence-electron chi connectivity index (χ1n) is 5.89. The fraction of sp³-hybridized carbons (Fsp3) is 0. The number of furan rings is 1. The Labute approximate surface area is 125 Å². The first kappa shape index (κ1) is 13.0. The van der Waals surface area contributed by atoms with Gasteiger partial charge in [0.05, 0.1) is 15.7 Å². The van der Waals surface area contributed by atoms with Crippen LogP contribution in [-0.2, 0) is 0 Å². The molecule has 0 atom stereocenters. The lowest BCUT2D eigenvalue weighted by Crippen LogP contribution is -2.11. The van der Waals surface area contributed by atoms with Gasteiger partial charge in [0.2, 0.25) is 0 Å². The minimum Gasteiger partial charge on any atom is -0.451 e. The van der Waals surface area contributed by atoms with E-state index in [-0.39, 0.29) is 11.7 Å². The van der Waals surface area contributed by atoms with Crippen LogP contribution in [0.25, 0.3) is 11.0 Å². The van der Waals surface area contributed by atoms with Crippen molar-refractivity contribution in [3.8, 4) is 0 Å². The average Bonchev–Trinajstić information content (AvgIpc) is 2.88. The van der Waals surface area contributed by atoms with Gasteiger partial charge in [0, 0.05) is 5.39 Å². The highest BCUT2D eigenvalue weighted by Gasteiger charge is 2.14. The molecule has 0 radical (unpaired) electrons. The van der Waals surface area contributed by atoms with Gasteiger partial charge in [-0.1, -0.05) is 47.5 Å². The molecule has 0 fully saturated rings. The van der Waals surface area contributed by atoms with E-state index in [0.717, 1.165) is 5.39 Å². The third-order valence-electron chi connectivity index (χ3n) is 2.85. The van der Waals surface area contributed by atoms with Crippen molar-refractivity contribution in [2.24, 2.45) is 0 Å². The van der Waals surface area contributed by atoms with Crippen molar-refractivity contribution in [1.82, 2.24) is 0 Å². The SMILES string of the molecule is O=C(Nc1cccc(Cl)c1Cl)c1cc2ccccc2o1. The lowest BCUT2D eigenvalue weighted by molar-refractivity contribution is 0.0998. The van der Waals surface area contributed by atoms with E-state index in [0.29, 0.717) is 21.3 Å². The molecule has 3 aromatic rings. The highest BCUT2D eigenvalue weighted by molar-refractivity contribution is 6.44. The molecule has 0 aliphatic rings. The number of hydrogen-bond donors (Lipinski definition) is 1. The highest BCUT2D eigenvalue weighted by atomic mass is 35.5. The summed E-state index contributed by atoms with van der Waals surface area (Å²) in [7, 11) is 0. The number of amides is 1. The van der Waals surface area contributed by atoms with Gasteiger partial charge in [-0.05, 0) is 24.3 Å². The molecule has 20 heavy (non-hydrogen) atoms. The predicted molar refractivity (Wildman–Crippen MR) is 80.6 cm³/mol. The maximum atomic E-state index is 12.1. The van der Waals surface area contributed by atoms with Gasteiger partial charge < -0.3 is 9.73 Å². The second-order valence-electron chi connectivity index (χ2n) is 4.20. The first-order chi connectivity index (χ1) is 9.65. The number of halogens is 2. The van der Waals surface area contributed by atoms with Crippen molar-refractivity contribution in [2.75, 3.05) is 5.32 Å². The molecular formula is C15H9Cl2NO2. The van der Waals surface area contributed by atoms with Crippen LogP contribution in [0.2, 0.25) is 10.0 Å². The predicted octanol–water partition coefficient (Wildman–Crippen LogP) is 4.99. The van der Waals surface area contributed by atoms with Crippen LogP contribution in [0, 0.1) is 0 Å². The number of nitrogens with one attached hydrogen (secondary N) is 1. The summed E-state index contributed by atoms with van der Waals surface area (Å²) in [5.74, 6) is -0.146. The van der Waals surface area contributed by atoms with E-state index in [4.69, 9.17) is 27.6 Å². The Morgan fingerprint density at radius 2 is 1.85 bits per heavy atom. The molecule has 3 rings (SSSR count). The van der Waals surface area contributed by atoms with Gasteiger partial charge in [0.1, 0.15) is 5.58 Å². The molecule has 1 amide bonds. The summed E-state index contributed by atoms with van der Waals surface area (Å²) in [6, 6.07) is 14.1. The number of benzene rings is 2. The molecule has 1 heterocycles. The number of hydrogen-bond acceptors (Lipinski definition) is 2. The van der Waals surface area contributed by atoms with Crippen LogP contribution in [0.1, 0.15) is 10.6 Å². The largest absolute Gasteiger partial charge is 0.451 e. The van der Waals surface area contributed by atoms with E-state index < -0.39 is 0 Å². The lowest BCUT2D eigenvalue weighted by Gasteiger charge is -2.06. The molecule has 0 saturated carbocycles. The molecule has 5 heteroatoms. The van der Waals surface area contributed by atoms with Crippen molar-refractivity contribution in [3.63, 3.8) is 0 Å². The Morgan fingerprint density at radius 1 is 1.05 bits per heavy atom. The summed E-state index contributed by atoms with van der Waals surface area (Å²) in [5.41, 5.74) is 1.11. The van der Waals surface area contributed by atoms with E-state index in [1.807, 2.05) is 18.2 Å². The maximum absolute atomic E-state index is 12.1. The molecule has 0 spiro atoms. The summed E-state index contributed by atoms with van der Waals surface area (Å²) >= 11 is 11.9. The number of fused-ring (bicyclic) bond motifs is 1. The van der Waals surface area contributed by atoms with Crippen LogP contribution in [0.4, 0.5) is 5.69 Å². The topological polar surface area (TPSA) is 42.2 Å². The Kier molecular flexibility index (Phi) is 3.38. The summed E-state index contributed by atoms with van der Waals surface area (Å²) in [6.45, 7) is 0. The highest BCUT2D eigenvalue weighted by Crippen LogP contribution is 2.30. The second kappa shape index (κ2) is 5.19. The molecule has 2 aromatic carbocycles. The van der Waals surface area contributed by atoms with Crippen LogP contribution in [0.15, 0.2) is 52.9 Å². The molecule has 0 saturated heterocycles. The van der Waals surface area contributed by atoms with Crippen LogP contribution in [0.5, 0.6) is 0 Å². The molecule has 1 aromatic heterocycles. The lowest BCUT2D eigenvalue weighted by atomic mass is 10.2. The monoisotopic (exact) mass is 305 g/mol. The van der Waals surface area contributed by atoms with Crippen LogP contribution in [0.3, 0.4) is 0 Å². The van der Waals surface area contributed by atoms with Crippen LogP contribution >= 0.6 is 23.2 Å². The minimum atomic E-state index is -0.370. The molecule has 100 valence electrons. The van der Waals surface area contributed by atoms with Crippen molar-refractivity contribution in [2.45, 2.75) is 0 Å². The van der Waals surface area contributed by atoms with Crippen LogP contribution in [-0.4, -0.2) is 5.91 Å². The third-order valence-corrected chi connectivity index (χ3v) is 3.67. The molecule has 0 unspecified atom stereocenters. The van der Waals surface area contributed by atoms with Gasteiger partial charge in [-0.3, -0.25) is 4.79 Å². The van der Waals surface area contributed by atoms with Gasteiger partial charge in [-0.2, -0.15) is 0 Å². The fourth-order valence-corrected chi connectivity index (χ4v) is 2.23. The Morgan fingerprint density at radius 3 is 2.65 bits per heavy atom. The molecular weight excluding hydrogens is 297 g/mol. The minimum absolute atomic E-state index is 0.224. The fourth-order valence-electron chi connectivity index (χ4n) is 1.88. The zero-order valence-corrected chi connectivity index (χ0v) is 11.7. The van der Waals surface area contributed by atoms with Gasteiger partial charge in [-0.15, -0.1) is 0 Å². The van der Waals surface area contributed by atoms with Gasteiger partial charge >= 0.3 is 0 Å². The second-order valence-corrected chi connectivity index (χ2v) is 4.99. The van der Waals surface area contributed by atoms with Gasteiger partial charge in [0.15, 0.2) is 5.76 Å². The van der Waals surface area contributed by atoms with E-state index in [2.05, 4.69) is 5.32 Å². The maximum Gasteiger partial charge on any atom is 0.291 e. The quantitative estimate of drug-likeness (QED) is 0.724. The number of rotatable bonds is 2. The van der Waals surface area contributed by atoms with E-state index in [1.165, 1.54) is 0 Å². The normalized spacial score (nSPS) is 10.7. The molecule has 3 nitrogen and oxygen atoms in total. The smallest absolute Gasteiger partial charge is 0.291 e. The Hall–Kier alpha value is -1.97. The zero-order valence-electron chi connectivity index (χ0n) is 10.2. The third kappa shape index (κ3) is 2.38. The summed E-state index contributed by atoms with van der Waals surface area (Å²) in [6.07, 6.45) is 0. The van der Waals surface area contributed by atoms with Crippen molar-refractivity contribution in [1.29, 1.82) is 0 Å². The van der Waals surface area contributed by atoms with E-state index in [1.54, 1.807) is 30.3 Å².